The number of anilines is 3. The Morgan fingerprint density at radius 3 is 2.71 bits per heavy atom. The minimum Gasteiger partial charge on any atom is -0.368 e. The van der Waals surface area contributed by atoms with E-state index < -0.39 is 0 Å². The Hall–Kier alpha value is -2.14. The second-order valence-electron chi connectivity index (χ2n) is 3.56. The molecule has 0 saturated heterocycles. The molecule has 0 aliphatic carbocycles. The van der Waals surface area contributed by atoms with E-state index in [1.807, 2.05) is 41.8 Å². The molecule has 0 radical (unpaired) electrons. The molecule has 3 rings (SSSR count). The summed E-state index contributed by atoms with van der Waals surface area (Å²) in [7, 11) is 0. The van der Waals surface area contributed by atoms with Crippen molar-refractivity contribution in [3.63, 3.8) is 0 Å². The van der Waals surface area contributed by atoms with Crippen LogP contribution < -0.4 is 11.1 Å². The number of nitrogens with one attached hydrogen (secondary N) is 1. The lowest BCUT2D eigenvalue weighted by Crippen LogP contribution is -1.99. The highest BCUT2D eigenvalue weighted by atomic mass is 32.1. The van der Waals surface area contributed by atoms with E-state index in [1.165, 1.54) is 0 Å². The molecule has 3 N–H and O–H groups in total. The van der Waals surface area contributed by atoms with E-state index >= 15 is 0 Å². The van der Waals surface area contributed by atoms with Crippen molar-refractivity contribution in [2.24, 2.45) is 0 Å². The quantitative estimate of drug-likeness (QED) is 0.725. The molecule has 0 fully saturated rings. The van der Waals surface area contributed by atoms with Crippen LogP contribution in [0.5, 0.6) is 0 Å². The van der Waals surface area contributed by atoms with Gasteiger partial charge >= 0.3 is 0 Å². The van der Waals surface area contributed by atoms with Gasteiger partial charge in [-0.25, -0.2) is 4.98 Å². The molecule has 1 aromatic carbocycles. The fourth-order valence-electron chi connectivity index (χ4n) is 1.63. The number of nitrogens with zero attached hydrogens (tertiary/aromatic N) is 2. The average Bonchev–Trinajstić information content (AvgIpc) is 2.78. The molecule has 0 bridgehead atoms. The van der Waals surface area contributed by atoms with Crippen LogP contribution in [0, 0.1) is 0 Å². The second kappa shape index (κ2) is 4.03. The van der Waals surface area contributed by atoms with E-state index in [0.29, 0.717) is 5.95 Å². The number of nitrogen functional groups attached to an aromatic ring is 1. The Balaban J connectivity index is 2.08. The van der Waals surface area contributed by atoms with E-state index in [0.717, 1.165) is 21.7 Å². The Labute approximate surface area is 102 Å². The standard InChI is InChI=1S/C12H10N4S/c13-12-15-10(9-6-7-17-11(9)16-12)14-8-4-2-1-3-5-8/h1-7H,(H3,13,14,15,16). The fourth-order valence-corrected chi connectivity index (χ4v) is 2.40. The first kappa shape index (κ1) is 10.0. The van der Waals surface area contributed by atoms with E-state index in [1.54, 1.807) is 11.3 Å². The Morgan fingerprint density at radius 1 is 1.06 bits per heavy atom. The first-order chi connectivity index (χ1) is 8.33. The van der Waals surface area contributed by atoms with Crippen molar-refractivity contribution in [2.75, 3.05) is 11.1 Å². The van der Waals surface area contributed by atoms with Crippen LogP contribution in [0.1, 0.15) is 0 Å². The van der Waals surface area contributed by atoms with Crippen LogP contribution in [0.3, 0.4) is 0 Å². The minimum absolute atomic E-state index is 0.290. The summed E-state index contributed by atoms with van der Waals surface area (Å²) in [5.74, 6) is 1.04. The third-order valence-electron chi connectivity index (χ3n) is 2.38. The minimum atomic E-state index is 0.290. The third-order valence-corrected chi connectivity index (χ3v) is 3.19. The average molecular weight is 242 g/mol. The number of rotatable bonds is 2. The predicted octanol–water partition coefficient (Wildman–Crippen LogP) is 3.02. The summed E-state index contributed by atoms with van der Waals surface area (Å²) < 4.78 is 0. The van der Waals surface area contributed by atoms with Gasteiger partial charge in [-0.15, -0.1) is 11.3 Å². The first-order valence-corrected chi connectivity index (χ1v) is 6.04. The van der Waals surface area contributed by atoms with Crippen molar-refractivity contribution in [3.05, 3.63) is 41.8 Å². The Morgan fingerprint density at radius 2 is 1.88 bits per heavy atom. The van der Waals surface area contributed by atoms with Gasteiger partial charge in [-0.1, -0.05) is 18.2 Å². The van der Waals surface area contributed by atoms with Crippen LogP contribution in [0.4, 0.5) is 17.5 Å². The predicted molar refractivity (Wildman–Crippen MR) is 71.6 cm³/mol. The molecule has 84 valence electrons. The van der Waals surface area contributed by atoms with Gasteiger partial charge in [0.2, 0.25) is 5.95 Å². The lowest BCUT2D eigenvalue weighted by Gasteiger charge is -2.06. The summed E-state index contributed by atoms with van der Waals surface area (Å²) in [4.78, 5) is 9.31. The fraction of sp³-hybridized carbons (Fsp3) is 0. The third kappa shape index (κ3) is 1.92. The van der Waals surface area contributed by atoms with Crippen LogP contribution in [0.2, 0.25) is 0 Å². The van der Waals surface area contributed by atoms with Gasteiger partial charge < -0.3 is 11.1 Å². The highest BCUT2D eigenvalue weighted by molar-refractivity contribution is 7.16. The van der Waals surface area contributed by atoms with Gasteiger partial charge in [0.1, 0.15) is 10.6 Å². The van der Waals surface area contributed by atoms with Crippen LogP contribution >= 0.6 is 11.3 Å². The molecule has 0 aliphatic heterocycles. The number of nitrogens with two attached hydrogens (primary N) is 1. The van der Waals surface area contributed by atoms with E-state index in [2.05, 4.69) is 15.3 Å². The van der Waals surface area contributed by atoms with Crippen molar-refractivity contribution >= 4 is 39.0 Å². The van der Waals surface area contributed by atoms with Crippen LogP contribution in [-0.4, -0.2) is 9.97 Å². The smallest absolute Gasteiger partial charge is 0.223 e. The first-order valence-electron chi connectivity index (χ1n) is 5.16. The summed E-state index contributed by atoms with van der Waals surface area (Å²) in [6, 6.07) is 11.9. The molecule has 0 unspecified atom stereocenters. The zero-order chi connectivity index (χ0) is 11.7. The van der Waals surface area contributed by atoms with E-state index in [-0.39, 0.29) is 0 Å². The van der Waals surface area contributed by atoms with Gasteiger partial charge in [0, 0.05) is 5.69 Å². The number of thiophene rings is 1. The number of fused-ring (bicyclic) bond motifs is 1. The number of aromatic nitrogens is 2. The van der Waals surface area contributed by atoms with Gasteiger partial charge in [-0.05, 0) is 23.6 Å². The van der Waals surface area contributed by atoms with Crippen molar-refractivity contribution < 1.29 is 0 Å². The van der Waals surface area contributed by atoms with Crippen molar-refractivity contribution in [1.29, 1.82) is 0 Å². The molecule has 0 spiro atoms. The summed E-state index contributed by atoms with van der Waals surface area (Å²) in [5.41, 5.74) is 6.67. The maximum absolute atomic E-state index is 5.68. The van der Waals surface area contributed by atoms with E-state index in [9.17, 15) is 0 Å². The van der Waals surface area contributed by atoms with Gasteiger partial charge in [-0.2, -0.15) is 4.98 Å². The molecule has 3 aromatic rings. The Bertz CT molecular complexity index is 648. The molecule has 0 amide bonds. The molecule has 0 aliphatic rings. The van der Waals surface area contributed by atoms with E-state index in [4.69, 9.17) is 5.73 Å². The number of hydrogen-bond acceptors (Lipinski definition) is 5. The Kier molecular flexibility index (Phi) is 2.38. The van der Waals surface area contributed by atoms with Gasteiger partial charge in [0.05, 0.1) is 5.39 Å². The molecule has 0 atom stereocenters. The van der Waals surface area contributed by atoms with Gasteiger partial charge in [0.15, 0.2) is 0 Å². The van der Waals surface area contributed by atoms with Crippen LogP contribution in [0.15, 0.2) is 41.8 Å². The topological polar surface area (TPSA) is 63.8 Å². The summed E-state index contributed by atoms with van der Waals surface area (Å²) in [5, 5.41) is 6.22. The highest BCUT2D eigenvalue weighted by Crippen LogP contribution is 2.27. The van der Waals surface area contributed by atoms with Crippen molar-refractivity contribution in [3.8, 4) is 0 Å². The molecule has 2 aromatic heterocycles. The molecular formula is C12H10N4S. The largest absolute Gasteiger partial charge is 0.368 e. The van der Waals surface area contributed by atoms with Crippen LogP contribution in [0.25, 0.3) is 10.2 Å². The molecule has 17 heavy (non-hydrogen) atoms. The number of benzene rings is 1. The zero-order valence-corrected chi connectivity index (χ0v) is 9.74. The number of para-hydroxylation sites is 1. The lowest BCUT2D eigenvalue weighted by molar-refractivity contribution is 1.24. The van der Waals surface area contributed by atoms with Crippen LogP contribution in [-0.2, 0) is 0 Å². The van der Waals surface area contributed by atoms with Crippen molar-refractivity contribution in [1.82, 2.24) is 9.97 Å². The molecule has 2 heterocycles. The van der Waals surface area contributed by atoms with Crippen molar-refractivity contribution in [2.45, 2.75) is 0 Å². The number of hydrogen-bond donors (Lipinski definition) is 2. The van der Waals surface area contributed by atoms with Gasteiger partial charge in [0.25, 0.3) is 0 Å². The molecule has 0 saturated carbocycles. The summed E-state index contributed by atoms with van der Waals surface area (Å²) in [6.07, 6.45) is 0. The molecule has 4 nitrogen and oxygen atoms in total. The van der Waals surface area contributed by atoms with Gasteiger partial charge in [-0.3, -0.25) is 0 Å². The molecule has 5 heteroatoms. The highest BCUT2D eigenvalue weighted by Gasteiger charge is 2.07. The molecular weight excluding hydrogens is 232 g/mol. The normalized spacial score (nSPS) is 10.6. The summed E-state index contributed by atoms with van der Waals surface area (Å²) in [6.45, 7) is 0. The maximum Gasteiger partial charge on any atom is 0.223 e. The summed E-state index contributed by atoms with van der Waals surface area (Å²) >= 11 is 1.56. The zero-order valence-electron chi connectivity index (χ0n) is 8.92. The maximum atomic E-state index is 5.68. The second-order valence-corrected chi connectivity index (χ2v) is 4.46. The lowest BCUT2D eigenvalue weighted by atomic mass is 10.3. The SMILES string of the molecule is Nc1nc(Nc2ccccc2)c2ccsc2n1. The monoisotopic (exact) mass is 242 g/mol.